The Morgan fingerprint density at radius 1 is 1.12 bits per heavy atom. The lowest BCUT2D eigenvalue weighted by Gasteiger charge is -2.13. The number of alkyl halides is 3. The van der Waals surface area contributed by atoms with E-state index in [1.54, 1.807) is 13.0 Å². The van der Waals surface area contributed by atoms with Crippen LogP contribution in [0.1, 0.15) is 47.4 Å². The maximum absolute atomic E-state index is 12.6. The van der Waals surface area contributed by atoms with E-state index in [0.29, 0.717) is 11.4 Å². The van der Waals surface area contributed by atoms with Crippen molar-refractivity contribution in [1.82, 2.24) is 15.3 Å². The van der Waals surface area contributed by atoms with Crippen molar-refractivity contribution in [2.75, 3.05) is 5.32 Å². The van der Waals surface area contributed by atoms with Crippen molar-refractivity contribution in [3.05, 3.63) is 47.3 Å². The maximum atomic E-state index is 12.6. The van der Waals surface area contributed by atoms with Crippen molar-refractivity contribution < 1.29 is 18.0 Å². The van der Waals surface area contributed by atoms with Crippen LogP contribution in [0.2, 0.25) is 0 Å². The molecule has 5 nitrogen and oxygen atoms in total. The van der Waals surface area contributed by atoms with E-state index in [2.05, 4.69) is 20.6 Å². The van der Waals surface area contributed by atoms with Gasteiger partial charge in [-0.2, -0.15) is 13.2 Å². The number of aryl methyl sites for hydroxylation is 1. The molecule has 1 heterocycles. The molecule has 0 radical (unpaired) electrons. The Labute approximate surface area is 149 Å². The average molecular weight is 364 g/mol. The number of hydrogen-bond acceptors (Lipinski definition) is 4. The second-order valence-corrected chi connectivity index (χ2v) is 6.37. The summed E-state index contributed by atoms with van der Waals surface area (Å²) in [5.74, 6) is -0.0980. The number of amides is 1. The number of nitrogens with one attached hydrogen (secondary N) is 2. The Hall–Kier alpha value is -2.64. The summed E-state index contributed by atoms with van der Waals surface area (Å²) in [5, 5.41) is 5.80. The Morgan fingerprint density at radius 3 is 2.38 bits per heavy atom. The summed E-state index contributed by atoms with van der Waals surface area (Å²) in [6.07, 6.45) is -0.244. The molecule has 0 unspecified atom stereocenters. The molecule has 0 saturated heterocycles. The van der Waals surface area contributed by atoms with E-state index in [1.165, 1.54) is 12.1 Å². The Morgan fingerprint density at radius 2 is 1.77 bits per heavy atom. The third-order valence-corrected chi connectivity index (χ3v) is 4.25. The highest BCUT2D eigenvalue weighted by molar-refractivity contribution is 5.92. The average Bonchev–Trinajstić information content (AvgIpc) is 3.07. The van der Waals surface area contributed by atoms with E-state index in [9.17, 15) is 18.0 Å². The molecule has 2 N–H and O–H groups in total. The van der Waals surface area contributed by atoms with Gasteiger partial charge in [0, 0.05) is 17.4 Å². The molecule has 1 aliphatic rings. The summed E-state index contributed by atoms with van der Waals surface area (Å²) >= 11 is 0. The van der Waals surface area contributed by atoms with E-state index in [1.807, 2.05) is 0 Å². The zero-order valence-electron chi connectivity index (χ0n) is 14.2. The number of halogens is 3. The molecule has 1 fully saturated rings. The molecule has 8 heteroatoms. The van der Waals surface area contributed by atoms with E-state index in [-0.39, 0.29) is 23.6 Å². The highest BCUT2D eigenvalue weighted by Gasteiger charge is 2.30. The van der Waals surface area contributed by atoms with Gasteiger partial charge in [-0.05, 0) is 50.1 Å². The third-order valence-electron chi connectivity index (χ3n) is 4.25. The minimum Gasteiger partial charge on any atom is -0.348 e. The highest BCUT2D eigenvalue weighted by Crippen LogP contribution is 2.30. The van der Waals surface area contributed by atoms with Crippen molar-refractivity contribution in [1.29, 1.82) is 0 Å². The van der Waals surface area contributed by atoms with Crippen LogP contribution >= 0.6 is 0 Å². The van der Waals surface area contributed by atoms with Gasteiger partial charge in [-0.3, -0.25) is 4.79 Å². The number of benzene rings is 1. The summed E-state index contributed by atoms with van der Waals surface area (Å²) < 4.78 is 37.9. The summed E-state index contributed by atoms with van der Waals surface area (Å²) in [6.45, 7) is 1.73. The minimum atomic E-state index is -4.39. The van der Waals surface area contributed by atoms with Crippen LogP contribution in [0, 0.1) is 6.92 Å². The molecule has 0 spiro atoms. The molecule has 138 valence electrons. The van der Waals surface area contributed by atoms with Gasteiger partial charge >= 0.3 is 6.18 Å². The molecule has 1 aliphatic carbocycles. The maximum Gasteiger partial charge on any atom is 0.416 e. The van der Waals surface area contributed by atoms with Crippen LogP contribution in [-0.2, 0) is 6.18 Å². The number of hydrogen-bond donors (Lipinski definition) is 2. The van der Waals surface area contributed by atoms with Crippen LogP contribution < -0.4 is 10.6 Å². The Kier molecular flexibility index (Phi) is 5.11. The lowest BCUT2D eigenvalue weighted by molar-refractivity contribution is -0.137. The number of carbonyl (C=O) groups excluding carboxylic acids is 1. The lowest BCUT2D eigenvalue weighted by atomic mass is 10.2. The SMILES string of the molecule is Cc1cc(C(=O)NC2CCCC2)nc(Nc2ccc(C(F)(F)F)cc2)n1. The third kappa shape index (κ3) is 4.50. The number of rotatable bonds is 4. The lowest BCUT2D eigenvalue weighted by Crippen LogP contribution is -2.33. The molecule has 1 aromatic carbocycles. The minimum absolute atomic E-state index is 0.168. The van der Waals surface area contributed by atoms with Gasteiger partial charge in [0.25, 0.3) is 5.91 Å². The van der Waals surface area contributed by atoms with Crippen LogP contribution in [0.25, 0.3) is 0 Å². The van der Waals surface area contributed by atoms with Crippen molar-refractivity contribution >= 4 is 17.5 Å². The molecule has 1 aromatic heterocycles. The second-order valence-electron chi connectivity index (χ2n) is 6.37. The number of carbonyl (C=O) groups is 1. The molecule has 3 rings (SSSR count). The van der Waals surface area contributed by atoms with Crippen LogP contribution in [0.4, 0.5) is 24.8 Å². The predicted octanol–water partition coefficient (Wildman–Crippen LogP) is 4.22. The van der Waals surface area contributed by atoms with E-state index >= 15 is 0 Å². The van der Waals surface area contributed by atoms with Crippen LogP contribution in [0.5, 0.6) is 0 Å². The zero-order chi connectivity index (χ0) is 18.7. The first kappa shape index (κ1) is 18.2. The van der Waals surface area contributed by atoms with Gasteiger partial charge in [-0.1, -0.05) is 12.8 Å². The topological polar surface area (TPSA) is 66.9 Å². The monoisotopic (exact) mass is 364 g/mol. The molecule has 2 aromatic rings. The molecule has 0 aliphatic heterocycles. The highest BCUT2D eigenvalue weighted by atomic mass is 19.4. The number of nitrogens with zero attached hydrogens (tertiary/aromatic N) is 2. The summed E-state index contributed by atoms with van der Waals surface area (Å²) in [4.78, 5) is 20.7. The van der Waals surface area contributed by atoms with Gasteiger partial charge in [0.2, 0.25) is 5.95 Å². The summed E-state index contributed by atoms with van der Waals surface area (Å²) in [5.41, 5.74) is 0.500. The Balaban J connectivity index is 1.73. The van der Waals surface area contributed by atoms with Gasteiger partial charge in [0.1, 0.15) is 5.69 Å². The quantitative estimate of drug-likeness (QED) is 0.852. The first-order valence-electron chi connectivity index (χ1n) is 8.42. The van der Waals surface area contributed by atoms with Crippen LogP contribution in [-0.4, -0.2) is 21.9 Å². The molecule has 26 heavy (non-hydrogen) atoms. The summed E-state index contributed by atoms with van der Waals surface area (Å²) in [6, 6.07) is 6.31. The second kappa shape index (κ2) is 7.31. The predicted molar refractivity (Wildman–Crippen MR) is 91.2 cm³/mol. The fraction of sp³-hybridized carbons (Fsp3) is 0.389. The fourth-order valence-corrected chi connectivity index (χ4v) is 2.94. The molecular weight excluding hydrogens is 345 g/mol. The number of aromatic nitrogens is 2. The van der Waals surface area contributed by atoms with Crippen molar-refractivity contribution in [2.45, 2.75) is 44.8 Å². The van der Waals surface area contributed by atoms with Gasteiger partial charge in [0.05, 0.1) is 5.56 Å². The van der Waals surface area contributed by atoms with E-state index < -0.39 is 11.7 Å². The molecule has 1 saturated carbocycles. The van der Waals surface area contributed by atoms with E-state index in [0.717, 1.165) is 37.8 Å². The van der Waals surface area contributed by atoms with Crippen molar-refractivity contribution in [3.8, 4) is 0 Å². The van der Waals surface area contributed by atoms with E-state index in [4.69, 9.17) is 0 Å². The van der Waals surface area contributed by atoms with Gasteiger partial charge < -0.3 is 10.6 Å². The van der Waals surface area contributed by atoms with Crippen LogP contribution in [0.3, 0.4) is 0 Å². The normalized spacial score (nSPS) is 15.1. The smallest absolute Gasteiger partial charge is 0.348 e. The largest absolute Gasteiger partial charge is 0.416 e. The first-order valence-corrected chi connectivity index (χ1v) is 8.42. The molecular formula is C18H19F3N4O. The fourth-order valence-electron chi connectivity index (χ4n) is 2.94. The van der Waals surface area contributed by atoms with Crippen molar-refractivity contribution in [2.24, 2.45) is 0 Å². The molecule has 0 bridgehead atoms. The molecule has 0 atom stereocenters. The number of anilines is 2. The summed E-state index contributed by atoms with van der Waals surface area (Å²) in [7, 11) is 0. The van der Waals surface area contributed by atoms with Gasteiger partial charge in [-0.15, -0.1) is 0 Å². The van der Waals surface area contributed by atoms with Crippen LogP contribution in [0.15, 0.2) is 30.3 Å². The van der Waals surface area contributed by atoms with Gasteiger partial charge in [-0.25, -0.2) is 9.97 Å². The first-order chi connectivity index (χ1) is 12.3. The standard InChI is InChI=1S/C18H19F3N4O/c1-11-10-15(16(26)23-13-4-2-3-5-13)25-17(22-11)24-14-8-6-12(7-9-14)18(19,20)21/h6-10,13H,2-5H2,1H3,(H,23,26)(H,22,24,25). The Bertz CT molecular complexity index is 784. The molecule has 1 amide bonds. The van der Waals surface area contributed by atoms with Gasteiger partial charge in [0.15, 0.2) is 0 Å². The zero-order valence-corrected chi connectivity index (χ0v) is 14.2. The van der Waals surface area contributed by atoms with Crippen molar-refractivity contribution in [3.63, 3.8) is 0 Å².